The van der Waals surface area contributed by atoms with E-state index in [1.165, 1.54) is 0 Å². The molecule has 5 nitrogen and oxygen atoms in total. The van der Waals surface area contributed by atoms with Gasteiger partial charge in [-0.2, -0.15) is 0 Å². The zero-order valence-electron chi connectivity index (χ0n) is 12.4. The second-order valence-electron chi connectivity index (χ2n) is 5.85. The lowest BCUT2D eigenvalue weighted by Crippen LogP contribution is -2.47. The van der Waals surface area contributed by atoms with Gasteiger partial charge in [0.1, 0.15) is 5.69 Å². The van der Waals surface area contributed by atoms with Gasteiger partial charge in [-0.15, -0.1) is 0 Å². The first-order chi connectivity index (χ1) is 9.94. The molecule has 1 N–H and O–H groups in total. The first kappa shape index (κ1) is 13.7. The summed E-state index contributed by atoms with van der Waals surface area (Å²) in [6.07, 6.45) is 0. The van der Waals surface area contributed by atoms with E-state index in [9.17, 15) is 9.59 Å². The van der Waals surface area contributed by atoms with Crippen LogP contribution in [0.15, 0.2) is 24.3 Å². The summed E-state index contributed by atoms with van der Waals surface area (Å²) in [6, 6.07) is 7.26. The van der Waals surface area contributed by atoms with Crippen molar-refractivity contribution in [1.29, 1.82) is 0 Å². The van der Waals surface area contributed by atoms with Crippen molar-refractivity contribution < 1.29 is 14.3 Å². The molecule has 1 aliphatic heterocycles. The molecule has 1 aromatic heterocycles. The van der Waals surface area contributed by atoms with Crippen LogP contribution < -0.4 is 5.32 Å². The Bertz CT molecular complexity index is 743. The Balaban J connectivity index is 2.22. The number of carbonyl (C=O) groups is 2. The first-order valence-electron chi connectivity index (χ1n) is 7.05. The number of ether oxygens (including phenoxy) is 1. The summed E-state index contributed by atoms with van der Waals surface area (Å²) < 4.78 is 7.05. The van der Waals surface area contributed by atoms with Crippen LogP contribution in [0.5, 0.6) is 0 Å². The minimum atomic E-state index is -0.340. The summed E-state index contributed by atoms with van der Waals surface area (Å²) in [5.41, 5.74) is 1.78. The maximum Gasteiger partial charge on any atom is 0.338 e. The van der Waals surface area contributed by atoms with Crippen molar-refractivity contribution in [2.45, 2.75) is 26.3 Å². The molecular formula is C16H18N2O3. The van der Waals surface area contributed by atoms with Crippen LogP contribution in [0.1, 0.15) is 41.6 Å². The van der Waals surface area contributed by atoms with Gasteiger partial charge in [0.2, 0.25) is 0 Å². The number of hydrogen-bond acceptors (Lipinski definition) is 3. The van der Waals surface area contributed by atoms with Gasteiger partial charge >= 0.3 is 5.97 Å². The molecule has 2 aromatic rings. The molecule has 21 heavy (non-hydrogen) atoms. The van der Waals surface area contributed by atoms with Crippen molar-refractivity contribution in [3.63, 3.8) is 0 Å². The molecule has 0 atom stereocenters. The molecule has 0 unspecified atom stereocenters. The highest BCUT2D eigenvalue weighted by Crippen LogP contribution is 2.30. The fraction of sp³-hybridized carbons (Fsp3) is 0.375. The lowest BCUT2D eigenvalue weighted by Gasteiger charge is -2.34. The average molecular weight is 286 g/mol. The average Bonchev–Trinajstić information content (AvgIpc) is 2.83. The molecule has 3 rings (SSSR count). The molecule has 5 heteroatoms. The second-order valence-corrected chi connectivity index (χ2v) is 5.85. The van der Waals surface area contributed by atoms with Crippen molar-refractivity contribution in [3.05, 3.63) is 35.5 Å². The van der Waals surface area contributed by atoms with Gasteiger partial charge in [0.25, 0.3) is 5.91 Å². The third-order valence-corrected chi connectivity index (χ3v) is 3.84. The van der Waals surface area contributed by atoms with Crippen molar-refractivity contribution in [2.75, 3.05) is 13.2 Å². The van der Waals surface area contributed by atoms with E-state index in [1.54, 1.807) is 19.1 Å². The topological polar surface area (TPSA) is 60.3 Å². The highest BCUT2D eigenvalue weighted by Gasteiger charge is 2.32. The highest BCUT2D eigenvalue weighted by molar-refractivity contribution is 6.02. The number of nitrogens with zero attached hydrogens (tertiary/aromatic N) is 1. The minimum Gasteiger partial charge on any atom is -0.462 e. The molecular weight excluding hydrogens is 268 g/mol. The molecule has 2 heterocycles. The van der Waals surface area contributed by atoms with E-state index in [1.807, 2.05) is 16.7 Å². The largest absolute Gasteiger partial charge is 0.462 e. The molecule has 0 saturated heterocycles. The number of hydrogen-bond donors (Lipinski definition) is 1. The lowest BCUT2D eigenvalue weighted by atomic mass is 10.0. The highest BCUT2D eigenvalue weighted by atomic mass is 16.5. The molecule has 0 radical (unpaired) electrons. The Labute approximate surface area is 122 Å². The van der Waals surface area contributed by atoms with E-state index >= 15 is 0 Å². The van der Waals surface area contributed by atoms with Gasteiger partial charge < -0.3 is 14.6 Å². The summed E-state index contributed by atoms with van der Waals surface area (Å²) in [7, 11) is 0. The van der Waals surface area contributed by atoms with Crippen molar-refractivity contribution >= 4 is 22.8 Å². The van der Waals surface area contributed by atoms with Crippen LogP contribution in [0.4, 0.5) is 0 Å². The zero-order valence-corrected chi connectivity index (χ0v) is 12.4. The number of amides is 1. The Hall–Kier alpha value is -2.30. The maximum atomic E-state index is 12.0. The summed E-state index contributed by atoms with van der Waals surface area (Å²) in [5.74, 6) is -0.420. The first-order valence-corrected chi connectivity index (χ1v) is 7.05. The van der Waals surface area contributed by atoms with E-state index in [0.717, 1.165) is 10.9 Å². The number of carbonyl (C=O) groups excluding carboxylic acids is 2. The van der Waals surface area contributed by atoms with Gasteiger partial charge in [-0.1, -0.05) is 6.07 Å². The smallest absolute Gasteiger partial charge is 0.338 e. The maximum absolute atomic E-state index is 12.0. The molecule has 0 fully saturated rings. The van der Waals surface area contributed by atoms with Crippen LogP contribution in [-0.2, 0) is 10.3 Å². The third-order valence-electron chi connectivity index (χ3n) is 3.84. The van der Waals surface area contributed by atoms with Crippen LogP contribution in [0.25, 0.3) is 10.9 Å². The van der Waals surface area contributed by atoms with E-state index in [0.29, 0.717) is 24.4 Å². The van der Waals surface area contributed by atoms with Crippen LogP contribution in [0, 0.1) is 0 Å². The number of rotatable bonds is 2. The summed E-state index contributed by atoms with van der Waals surface area (Å²) in [5, 5.41) is 3.84. The molecule has 0 spiro atoms. The van der Waals surface area contributed by atoms with Gasteiger partial charge in [-0.05, 0) is 39.0 Å². The van der Waals surface area contributed by atoms with Crippen molar-refractivity contribution in [2.24, 2.45) is 0 Å². The number of benzene rings is 1. The van der Waals surface area contributed by atoms with Crippen molar-refractivity contribution in [1.82, 2.24) is 9.88 Å². The third kappa shape index (κ3) is 2.09. The van der Waals surface area contributed by atoms with Gasteiger partial charge in [0, 0.05) is 11.9 Å². The van der Waals surface area contributed by atoms with Gasteiger partial charge in [0.05, 0.1) is 23.2 Å². The van der Waals surface area contributed by atoms with Gasteiger partial charge in [0.15, 0.2) is 0 Å². The second kappa shape index (κ2) is 4.62. The molecule has 1 aromatic carbocycles. The number of nitrogens with one attached hydrogen (secondary N) is 1. The van der Waals surface area contributed by atoms with Crippen LogP contribution in [0.3, 0.4) is 0 Å². The lowest BCUT2D eigenvalue weighted by molar-refractivity contribution is 0.0526. The Morgan fingerprint density at radius 1 is 1.38 bits per heavy atom. The van der Waals surface area contributed by atoms with E-state index in [4.69, 9.17) is 4.74 Å². The Morgan fingerprint density at radius 2 is 2.14 bits per heavy atom. The van der Waals surface area contributed by atoms with Crippen LogP contribution in [-0.4, -0.2) is 29.6 Å². The summed E-state index contributed by atoms with van der Waals surface area (Å²) >= 11 is 0. The molecule has 1 aliphatic rings. The minimum absolute atomic E-state index is 0.0804. The zero-order chi connectivity index (χ0) is 15.2. The number of esters is 1. The SMILES string of the molecule is CCOC(=O)c1ccc2cc3n(c2c1)C(C)(C)CNC3=O. The van der Waals surface area contributed by atoms with Crippen LogP contribution >= 0.6 is 0 Å². The fourth-order valence-corrected chi connectivity index (χ4v) is 2.83. The Morgan fingerprint density at radius 3 is 2.86 bits per heavy atom. The molecule has 110 valence electrons. The monoisotopic (exact) mass is 286 g/mol. The molecule has 0 aliphatic carbocycles. The molecule has 0 bridgehead atoms. The van der Waals surface area contributed by atoms with E-state index in [2.05, 4.69) is 19.2 Å². The van der Waals surface area contributed by atoms with Crippen molar-refractivity contribution in [3.8, 4) is 0 Å². The Kier molecular flexibility index (Phi) is 3.01. The molecule has 1 amide bonds. The quantitative estimate of drug-likeness (QED) is 0.862. The molecule has 0 saturated carbocycles. The van der Waals surface area contributed by atoms with Crippen LogP contribution in [0.2, 0.25) is 0 Å². The fourth-order valence-electron chi connectivity index (χ4n) is 2.83. The number of aromatic nitrogens is 1. The normalized spacial score (nSPS) is 16.4. The summed E-state index contributed by atoms with van der Waals surface area (Å²) in [4.78, 5) is 23.9. The van der Waals surface area contributed by atoms with E-state index in [-0.39, 0.29) is 17.4 Å². The van der Waals surface area contributed by atoms with Gasteiger partial charge in [-0.3, -0.25) is 4.79 Å². The van der Waals surface area contributed by atoms with E-state index < -0.39 is 0 Å². The number of fused-ring (bicyclic) bond motifs is 3. The predicted octanol–water partition coefficient (Wildman–Crippen LogP) is 2.30. The predicted molar refractivity (Wildman–Crippen MR) is 79.5 cm³/mol. The summed E-state index contributed by atoms with van der Waals surface area (Å²) in [6.45, 7) is 6.81. The van der Waals surface area contributed by atoms with Gasteiger partial charge in [-0.25, -0.2) is 4.79 Å². The standard InChI is InChI=1S/C16H18N2O3/c1-4-21-15(20)11-6-5-10-7-13-14(19)17-9-16(2,3)18(13)12(10)8-11/h5-8H,4,9H2,1-3H3,(H,17,19).